The summed E-state index contributed by atoms with van der Waals surface area (Å²) >= 11 is 0. The van der Waals surface area contributed by atoms with Gasteiger partial charge in [-0.1, -0.05) is 35.4 Å². The highest BCUT2D eigenvalue weighted by molar-refractivity contribution is 7.92. The van der Waals surface area contributed by atoms with Gasteiger partial charge in [0.05, 0.1) is 31.3 Å². The molecule has 0 fully saturated rings. The van der Waals surface area contributed by atoms with Gasteiger partial charge in [-0.15, -0.1) is 0 Å². The molecule has 35 heavy (non-hydrogen) atoms. The van der Waals surface area contributed by atoms with Crippen molar-refractivity contribution in [2.24, 2.45) is 0 Å². The number of nitrogens with zero attached hydrogens (tertiary/aromatic N) is 1. The van der Waals surface area contributed by atoms with Crippen molar-refractivity contribution in [3.05, 3.63) is 89.0 Å². The summed E-state index contributed by atoms with van der Waals surface area (Å²) in [6, 6.07) is 18.3. The van der Waals surface area contributed by atoms with E-state index in [0.717, 1.165) is 11.1 Å². The number of Topliss-reactive ketones (excluding diaryl/α,β-unsaturated/α-hetero) is 1. The number of hydrogen-bond acceptors (Lipinski definition) is 6. The maximum absolute atomic E-state index is 13.7. The molecule has 1 atom stereocenters. The highest BCUT2D eigenvalue weighted by Gasteiger charge is 2.54. The van der Waals surface area contributed by atoms with E-state index in [1.54, 1.807) is 66.7 Å². The SMILES string of the molecule is COC(=O)C1(CC(=O)c2ccc(OC)cc2)CN(S(=O)(=O)c2ccc(C)cc2)c2ccc(C)cc21. The lowest BCUT2D eigenvalue weighted by Gasteiger charge is -2.27. The Bertz CT molecular complexity index is 1380. The molecule has 0 N–H and O–H groups in total. The Balaban J connectivity index is 1.83. The molecule has 0 saturated heterocycles. The highest BCUT2D eigenvalue weighted by Crippen LogP contribution is 2.47. The van der Waals surface area contributed by atoms with Gasteiger partial charge in [-0.2, -0.15) is 0 Å². The number of fused-ring (bicyclic) bond motifs is 1. The van der Waals surface area contributed by atoms with Gasteiger partial charge in [-0.3, -0.25) is 13.9 Å². The number of benzene rings is 3. The Morgan fingerprint density at radius 1 is 0.914 bits per heavy atom. The number of esters is 1. The van der Waals surface area contributed by atoms with Gasteiger partial charge in [-0.25, -0.2) is 8.42 Å². The van der Waals surface area contributed by atoms with Gasteiger partial charge < -0.3 is 9.47 Å². The smallest absolute Gasteiger partial charge is 0.318 e. The lowest BCUT2D eigenvalue weighted by molar-refractivity contribution is -0.146. The summed E-state index contributed by atoms with van der Waals surface area (Å²) < 4.78 is 38.9. The van der Waals surface area contributed by atoms with Crippen LogP contribution in [0.5, 0.6) is 5.75 Å². The second-order valence-corrected chi connectivity index (χ2v) is 10.6. The lowest BCUT2D eigenvalue weighted by Crippen LogP contribution is -2.44. The molecule has 8 heteroatoms. The van der Waals surface area contributed by atoms with Crippen molar-refractivity contribution in [2.45, 2.75) is 30.6 Å². The van der Waals surface area contributed by atoms with Crippen molar-refractivity contribution in [1.82, 2.24) is 0 Å². The van der Waals surface area contributed by atoms with Crippen molar-refractivity contribution in [1.29, 1.82) is 0 Å². The molecule has 0 aliphatic carbocycles. The van der Waals surface area contributed by atoms with E-state index in [1.165, 1.54) is 18.5 Å². The second kappa shape index (κ2) is 9.19. The first-order valence-corrected chi connectivity index (χ1v) is 12.5. The fraction of sp³-hybridized carbons (Fsp3) is 0.259. The first-order valence-electron chi connectivity index (χ1n) is 11.1. The summed E-state index contributed by atoms with van der Waals surface area (Å²) in [6.45, 7) is 3.48. The Kier molecular flexibility index (Phi) is 6.42. The zero-order valence-corrected chi connectivity index (χ0v) is 20.9. The van der Waals surface area contributed by atoms with Crippen LogP contribution in [0.25, 0.3) is 0 Å². The second-order valence-electron chi connectivity index (χ2n) is 8.75. The third kappa shape index (κ3) is 4.30. The van der Waals surface area contributed by atoms with Gasteiger partial charge >= 0.3 is 5.97 Å². The zero-order chi connectivity index (χ0) is 25.4. The summed E-state index contributed by atoms with van der Waals surface area (Å²) in [5.41, 5.74) is 1.48. The van der Waals surface area contributed by atoms with Crippen LogP contribution in [0.4, 0.5) is 5.69 Å². The van der Waals surface area contributed by atoms with Crippen LogP contribution < -0.4 is 9.04 Å². The van der Waals surface area contributed by atoms with Crippen molar-refractivity contribution in [3.63, 3.8) is 0 Å². The van der Waals surface area contributed by atoms with Crippen LogP contribution in [0, 0.1) is 13.8 Å². The van der Waals surface area contributed by atoms with E-state index in [2.05, 4.69) is 0 Å². The molecule has 3 aromatic carbocycles. The largest absolute Gasteiger partial charge is 0.497 e. The molecule has 0 saturated carbocycles. The quantitative estimate of drug-likeness (QED) is 0.362. The first-order chi connectivity index (χ1) is 16.6. The molecule has 1 unspecified atom stereocenters. The average molecular weight is 494 g/mol. The molecule has 1 aliphatic heterocycles. The number of ketones is 1. The molecule has 0 spiro atoms. The maximum Gasteiger partial charge on any atom is 0.318 e. The molecule has 7 nitrogen and oxygen atoms in total. The molecule has 0 aromatic heterocycles. The van der Waals surface area contributed by atoms with E-state index in [9.17, 15) is 18.0 Å². The number of rotatable bonds is 7. The minimum Gasteiger partial charge on any atom is -0.497 e. The predicted molar refractivity (Wildman–Crippen MR) is 133 cm³/mol. The molecule has 3 aromatic rings. The summed E-state index contributed by atoms with van der Waals surface area (Å²) in [7, 11) is -1.23. The molecule has 4 rings (SSSR count). The van der Waals surface area contributed by atoms with Crippen LogP contribution in [0.2, 0.25) is 0 Å². The summed E-state index contributed by atoms with van der Waals surface area (Å²) in [5.74, 6) is -0.366. The third-order valence-electron chi connectivity index (χ3n) is 6.41. The average Bonchev–Trinajstić information content (AvgIpc) is 3.18. The first kappa shape index (κ1) is 24.5. The van der Waals surface area contributed by atoms with E-state index in [0.29, 0.717) is 22.6 Å². The summed E-state index contributed by atoms with van der Waals surface area (Å²) in [5, 5.41) is 0. The van der Waals surface area contributed by atoms with Gasteiger partial charge in [0.15, 0.2) is 5.78 Å². The van der Waals surface area contributed by atoms with E-state index in [-0.39, 0.29) is 23.6 Å². The summed E-state index contributed by atoms with van der Waals surface area (Å²) in [4.78, 5) is 26.8. The minimum absolute atomic E-state index is 0.108. The lowest BCUT2D eigenvalue weighted by atomic mass is 9.76. The molecular weight excluding hydrogens is 466 g/mol. The summed E-state index contributed by atoms with van der Waals surface area (Å²) in [6.07, 6.45) is -0.248. The molecule has 0 bridgehead atoms. The van der Waals surface area contributed by atoms with E-state index in [1.807, 2.05) is 13.8 Å². The van der Waals surface area contributed by atoms with Crippen LogP contribution in [-0.2, 0) is 25.0 Å². The molecule has 1 aliphatic rings. The number of hydrogen-bond donors (Lipinski definition) is 0. The predicted octanol–water partition coefficient (Wildman–Crippen LogP) is 4.20. The topological polar surface area (TPSA) is 90.0 Å². The van der Waals surface area contributed by atoms with Gasteiger partial charge in [-0.05, 0) is 61.9 Å². The Labute approximate surface area is 205 Å². The van der Waals surface area contributed by atoms with Crippen LogP contribution >= 0.6 is 0 Å². The number of methoxy groups -OCH3 is 2. The fourth-order valence-corrected chi connectivity index (χ4v) is 6.01. The van der Waals surface area contributed by atoms with Crippen LogP contribution in [0.15, 0.2) is 71.6 Å². The number of carbonyl (C=O) groups is 2. The number of anilines is 1. The van der Waals surface area contributed by atoms with Crippen molar-refractivity contribution < 1.29 is 27.5 Å². The standard InChI is InChI=1S/C27H27NO6S/c1-18-5-12-22(13-6-18)35(31,32)28-17-27(26(30)34-4,23-15-19(2)7-14-24(23)28)16-25(29)20-8-10-21(33-3)11-9-20/h5-15H,16-17H2,1-4H3. The monoisotopic (exact) mass is 493 g/mol. The number of aryl methyl sites for hydroxylation is 2. The zero-order valence-electron chi connectivity index (χ0n) is 20.1. The minimum atomic E-state index is -4.01. The van der Waals surface area contributed by atoms with E-state index in [4.69, 9.17) is 9.47 Å². The van der Waals surface area contributed by atoms with Crippen molar-refractivity contribution in [2.75, 3.05) is 25.1 Å². The number of carbonyl (C=O) groups excluding carboxylic acids is 2. The maximum atomic E-state index is 13.7. The van der Waals surface area contributed by atoms with Crippen LogP contribution in [0.1, 0.15) is 33.5 Å². The molecule has 182 valence electrons. The molecule has 0 amide bonds. The van der Waals surface area contributed by atoms with Crippen molar-refractivity contribution >= 4 is 27.5 Å². The highest BCUT2D eigenvalue weighted by atomic mass is 32.2. The van der Waals surface area contributed by atoms with Crippen LogP contribution in [0.3, 0.4) is 0 Å². The van der Waals surface area contributed by atoms with Gasteiger partial charge in [0.25, 0.3) is 10.0 Å². The van der Waals surface area contributed by atoms with E-state index < -0.39 is 21.4 Å². The molecule has 0 radical (unpaired) electrons. The number of ether oxygens (including phenoxy) is 2. The van der Waals surface area contributed by atoms with E-state index >= 15 is 0 Å². The molecular formula is C27H27NO6S. The molecule has 1 heterocycles. The Hall–Kier alpha value is -3.65. The van der Waals surface area contributed by atoms with Crippen molar-refractivity contribution in [3.8, 4) is 5.75 Å². The number of sulfonamides is 1. The fourth-order valence-electron chi connectivity index (χ4n) is 4.46. The Morgan fingerprint density at radius 3 is 2.14 bits per heavy atom. The third-order valence-corrected chi connectivity index (χ3v) is 8.18. The van der Waals surface area contributed by atoms with Crippen LogP contribution in [-0.4, -0.2) is 40.9 Å². The van der Waals surface area contributed by atoms with Gasteiger partial charge in [0.2, 0.25) is 0 Å². The normalized spacial score (nSPS) is 17.1. The van der Waals surface area contributed by atoms with Gasteiger partial charge in [0.1, 0.15) is 11.2 Å². The Morgan fingerprint density at radius 2 is 1.54 bits per heavy atom. The van der Waals surface area contributed by atoms with Gasteiger partial charge in [0, 0.05) is 12.0 Å².